The van der Waals surface area contributed by atoms with Gasteiger partial charge in [0.25, 0.3) is 5.91 Å². The molecule has 3 aromatic rings. The van der Waals surface area contributed by atoms with E-state index in [1.54, 1.807) is 23.5 Å². The molecule has 1 aliphatic heterocycles. The molecule has 1 aromatic heterocycles. The van der Waals surface area contributed by atoms with E-state index in [1.165, 1.54) is 12.1 Å². The Morgan fingerprint density at radius 2 is 2.04 bits per heavy atom. The molecule has 2 aromatic carbocycles. The lowest BCUT2D eigenvalue weighted by Crippen LogP contribution is -2.42. The van der Waals surface area contributed by atoms with Gasteiger partial charge >= 0.3 is 0 Å². The Bertz CT molecular complexity index is 940. The highest BCUT2D eigenvalue weighted by Gasteiger charge is 2.34. The number of aromatic nitrogens is 2. The number of hydrogen-bond donors (Lipinski definition) is 0. The topological polar surface area (TPSA) is 38.1 Å². The Morgan fingerprint density at radius 1 is 1.20 bits per heavy atom. The number of benzene rings is 2. The summed E-state index contributed by atoms with van der Waals surface area (Å²) in [5, 5.41) is 0. The first-order chi connectivity index (χ1) is 12.1. The van der Waals surface area contributed by atoms with E-state index in [-0.39, 0.29) is 11.7 Å². The quantitative estimate of drug-likeness (QED) is 0.680. The molecule has 0 spiro atoms. The van der Waals surface area contributed by atoms with Crippen LogP contribution in [0.15, 0.2) is 61.1 Å². The molecule has 0 aliphatic carbocycles. The van der Waals surface area contributed by atoms with Crippen molar-refractivity contribution in [2.24, 2.45) is 0 Å². The molecule has 0 bridgehead atoms. The van der Waals surface area contributed by atoms with Crippen molar-refractivity contribution >= 4 is 19.2 Å². The highest BCUT2D eigenvalue weighted by atomic mass is 19.1. The molecular formula is C19H17BFN3O. The first kappa shape index (κ1) is 15.6. The van der Waals surface area contributed by atoms with Crippen LogP contribution in [-0.2, 0) is 17.9 Å². The smallest absolute Gasteiger partial charge is 0.250 e. The number of rotatable bonds is 3. The summed E-state index contributed by atoms with van der Waals surface area (Å²) in [6.45, 7) is 0.849. The predicted octanol–water partition coefficient (Wildman–Crippen LogP) is 1.41. The summed E-state index contributed by atoms with van der Waals surface area (Å²) in [5.41, 5.74) is 3.80. The molecule has 4 rings (SSSR count). The summed E-state index contributed by atoms with van der Waals surface area (Å²) in [5.74, 6) is -0.289. The number of carbonyl (C=O) groups is 1. The summed E-state index contributed by atoms with van der Waals surface area (Å²) in [7, 11) is 2.01. The second-order valence-corrected chi connectivity index (χ2v) is 6.43. The largest absolute Gasteiger partial charge is 0.330 e. The first-order valence-electron chi connectivity index (χ1n) is 8.22. The molecule has 1 aliphatic rings. The van der Waals surface area contributed by atoms with Gasteiger partial charge in [-0.2, -0.15) is 0 Å². The number of hydrogen-bond acceptors (Lipinski definition) is 2. The van der Waals surface area contributed by atoms with Crippen LogP contribution in [-0.4, -0.2) is 28.2 Å². The van der Waals surface area contributed by atoms with E-state index in [4.69, 9.17) is 0 Å². The molecule has 0 saturated heterocycles. The third-order valence-electron chi connectivity index (χ3n) is 4.54. The SMILES string of the molecule is Bc1cccc(C2C(=O)N(Cc3cccc(F)c3)Cc3cncn32)c1. The van der Waals surface area contributed by atoms with Crippen molar-refractivity contribution in [3.63, 3.8) is 0 Å². The fourth-order valence-corrected chi connectivity index (χ4v) is 3.39. The maximum absolute atomic E-state index is 13.5. The predicted molar refractivity (Wildman–Crippen MR) is 95.6 cm³/mol. The highest BCUT2D eigenvalue weighted by Crippen LogP contribution is 2.29. The van der Waals surface area contributed by atoms with E-state index in [0.29, 0.717) is 13.1 Å². The molecule has 25 heavy (non-hydrogen) atoms. The van der Waals surface area contributed by atoms with Crippen molar-refractivity contribution in [1.29, 1.82) is 0 Å². The van der Waals surface area contributed by atoms with Gasteiger partial charge in [-0.25, -0.2) is 9.37 Å². The average Bonchev–Trinajstić information content (AvgIpc) is 3.03. The lowest BCUT2D eigenvalue weighted by atomic mass is 9.91. The van der Waals surface area contributed by atoms with E-state index in [0.717, 1.165) is 22.3 Å². The second-order valence-electron chi connectivity index (χ2n) is 6.43. The van der Waals surface area contributed by atoms with Gasteiger partial charge in [-0.15, -0.1) is 0 Å². The maximum Gasteiger partial charge on any atom is 0.250 e. The van der Waals surface area contributed by atoms with Gasteiger partial charge in [0.2, 0.25) is 0 Å². The number of halogens is 1. The number of fused-ring (bicyclic) bond motifs is 1. The van der Waals surface area contributed by atoms with Crippen LogP contribution < -0.4 is 5.46 Å². The Hall–Kier alpha value is -2.89. The van der Waals surface area contributed by atoms with E-state index in [1.807, 2.05) is 42.7 Å². The Kier molecular flexibility index (Phi) is 3.88. The zero-order valence-electron chi connectivity index (χ0n) is 13.9. The fraction of sp³-hybridized carbons (Fsp3) is 0.158. The van der Waals surface area contributed by atoms with Crippen LogP contribution in [0.1, 0.15) is 22.9 Å². The minimum atomic E-state index is -0.431. The van der Waals surface area contributed by atoms with Gasteiger partial charge in [-0.3, -0.25) is 4.79 Å². The van der Waals surface area contributed by atoms with Gasteiger partial charge in [0.1, 0.15) is 19.7 Å². The molecule has 2 heterocycles. The number of amides is 1. The molecule has 0 radical (unpaired) electrons. The molecule has 1 amide bonds. The van der Waals surface area contributed by atoms with Crippen LogP contribution in [0.2, 0.25) is 0 Å². The molecule has 1 atom stereocenters. The van der Waals surface area contributed by atoms with Crippen molar-refractivity contribution < 1.29 is 9.18 Å². The molecule has 0 saturated carbocycles. The van der Waals surface area contributed by atoms with E-state index < -0.39 is 6.04 Å². The third kappa shape index (κ3) is 2.95. The minimum Gasteiger partial charge on any atom is -0.330 e. The molecule has 1 unspecified atom stereocenters. The van der Waals surface area contributed by atoms with Gasteiger partial charge in [0, 0.05) is 12.7 Å². The Labute approximate surface area is 146 Å². The minimum absolute atomic E-state index is 0.000334. The van der Waals surface area contributed by atoms with Gasteiger partial charge < -0.3 is 9.47 Å². The van der Waals surface area contributed by atoms with Crippen LogP contribution in [0.3, 0.4) is 0 Å². The van der Waals surface area contributed by atoms with Crippen LogP contribution in [0.25, 0.3) is 0 Å². The summed E-state index contributed by atoms with van der Waals surface area (Å²) < 4.78 is 15.4. The maximum atomic E-state index is 13.5. The van der Waals surface area contributed by atoms with Crippen LogP contribution in [0, 0.1) is 5.82 Å². The normalized spacial score (nSPS) is 16.8. The summed E-state index contributed by atoms with van der Waals surface area (Å²) in [6.07, 6.45) is 3.49. The van der Waals surface area contributed by atoms with Gasteiger partial charge in [-0.1, -0.05) is 41.9 Å². The van der Waals surface area contributed by atoms with E-state index in [9.17, 15) is 9.18 Å². The first-order valence-corrected chi connectivity index (χ1v) is 8.22. The lowest BCUT2D eigenvalue weighted by Gasteiger charge is -2.34. The molecule has 6 heteroatoms. The van der Waals surface area contributed by atoms with Crippen LogP contribution >= 0.6 is 0 Å². The zero-order chi connectivity index (χ0) is 17.4. The number of imidazole rings is 1. The van der Waals surface area contributed by atoms with E-state index in [2.05, 4.69) is 4.98 Å². The number of nitrogens with zero attached hydrogens (tertiary/aromatic N) is 3. The van der Waals surface area contributed by atoms with E-state index >= 15 is 0 Å². The molecule has 124 valence electrons. The van der Waals surface area contributed by atoms with Crippen molar-refractivity contribution in [3.05, 3.63) is 83.7 Å². The Balaban J connectivity index is 1.71. The van der Waals surface area contributed by atoms with Crippen molar-refractivity contribution in [1.82, 2.24) is 14.5 Å². The van der Waals surface area contributed by atoms with Crippen molar-refractivity contribution in [3.8, 4) is 0 Å². The van der Waals surface area contributed by atoms with Crippen LogP contribution in [0.5, 0.6) is 0 Å². The molecule has 4 nitrogen and oxygen atoms in total. The molecular weight excluding hydrogens is 316 g/mol. The van der Waals surface area contributed by atoms with Gasteiger partial charge in [0.05, 0.1) is 18.6 Å². The summed E-state index contributed by atoms with van der Waals surface area (Å²) in [6, 6.07) is 13.9. The average molecular weight is 333 g/mol. The van der Waals surface area contributed by atoms with Crippen molar-refractivity contribution in [2.45, 2.75) is 19.1 Å². The van der Waals surface area contributed by atoms with Gasteiger partial charge in [-0.05, 0) is 23.3 Å². The summed E-state index contributed by atoms with van der Waals surface area (Å²) in [4.78, 5) is 19.1. The standard InChI is InChI=1S/C19H17BFN3O/c20-15-5-2-4-14(8-15)18-19(25)23(11-17-9-22-12-24(17)18)10-13-3-1-6-16(21)7-13/h1-9,12,18H,10-11,20H2. The third-order valence-corrected chi connectivity index (χ3v) is 4.54. The molecule has 0 fully saturated rings. The zero-order valence-corrected chi connectivity index (χ0v) is 13.9. The number of carbonyl (C=O) groups excluding carboxylic acids is 1. The fourth-order valence-electron chi connectivity index (χ4n) is 3.39. The highest BCUT2D eigenvalue weighted by molar-refractivity contribution is 6.32. The summed E-state index contributed by atoms with van der Waals surface area (Å²) >= 11 is 0. The monoisotopic (exact) mass is 333 g/mol. The van der Waals surface area contributed by atoms with Gasteiger partial charge in [0.15, 0.2) is 0 Å². The second kappa shape index (κ2) is 6.20. The Morgan fingerprint density at radius 3 is 2.84 bits per heavy atom. The lowest BCUT2D eigenvalue weighted by molar-refractivity contribution is -0.136. The molecule has 0 N–H and O–H groups in total. The van der Waals surface area contributed by atoms with Crippen molar-refractivity contribution in [2.75, 3.05) is 0 Å². The van der Waals surface area contributed by atoms with Crippen LogP contribution in [0.4, 0.5) is 4.39 Å².